The first-order valence-corrected chi connectivity index (χ1v) is 7.85. The predicted octanol–water partition coefficient (Wildman–Crippen LogP) is 1.13. The quantitative estimate of drug-likeness (QED) is 0.608. The maximum Gasteiger partial charge on any atom is 0.230 e. The fraction of sp³-hybridized carbons (Fsp3) is 0.429. The van der Waals surface area contributed by atoms with Gasteiger partial charge in [-0.25, -0.2) is 0 Å². The third kappa shape index (κ3) is 4.28. The first kappa shape index (κ1) is 16.4. The van der Waals surface area contributed by atoms with Gasteiger partial charge < -0.3 is 10.1 Å². The summed E-state index contributed by atoms with van der Waals surface area (Å²) in [6.07, 6.45) is 0. The number of aryl methyl sites for hydroxylation is 2. The van der Waals surface area contributed by atoms with Crippen molar-refractivity contribution in [3.63, 3.8) is 0 Å². The molecule has 0 unspecified atom stereocenters. The number of benzene rings is 1. The number of amides is 1. The largest absolute Gasteiger partial charge is 0.383 e. The van der Waals surface area contributed by atoms with Crippen molar-refractivity contribution in [2.24, 2.45) is 0 Å². The minimum absolute atomic E-state index is 0.0720. The SMILES string of the molecule is COCCNC(=O)CSc1nnnn1-c1ccc(C)cc1C. The average molecular weight is 321 g/mol. The molecule has 0 atom stereocenters. The minimum Gasteiger partial charge on any atom is -0.383 e. The zero-order chi connectivity index (χ0) is 15.9. The van der Waals surface area contributed by atoms with Crippen molar-refractivity contribution in [1.29, 1.82) is 0 Å². The second-order valence-corrected chi connectivity index (χ2v) is 5.74. The molecule has 7 nitrogen and oxygen atoms in total. The van der Waals surface area contributed by atoms with Crippen LogP contribution in [-0.2, 0) is 9.53 Å². The Morgan fingerprint density at radius 1 is 1.41 bits per heavy atom. The monoisotopic (exact) mass is 321 g/mol. The van der Waals surface area contributed by atoms with Crippen LogP contribution in [0.1, 0.15) is 11.1 Å². The average Bonchev–Trinajstić information content (AvgIpc) is 2.93. The summed E-state index contributed by atoms with van der Waals surface area (Å²) in [5.41, 5.74) is 3.18. The third-order valence-electron chi connectivity index (χ3n) is 2.98. The summed E-state index contributed by atoms with van der Waals surface area (Å²) in [5.74, 6) is 0.187. The molecule has 1 heterocycles. The van der Waals surface area contributed by atoms with Crippen molar-refractivity contribution in [2.75, 3.05) is 26.0 Å². The number of aromatic nitrogens is 4. The van der Waals surface area contributed by atoms with Crippen LogP contribution in [0.5, 0.6) is 0 Å². The van der Waals surface area contributed by atoms with E-state index < -0.39 is 0 Å². The summed E-state index contributed by atoms with van der Waals surface area (Å²) in [7, 11) is 1.60. The van der Waals surface area contributed by atoms with Gasteiger partial charge in [0, 0.05) is 13.7 Å². The number of hydrogen-bond acceptors (Lipinski definition) is 6. The standard InChI is InChI=1S/C14H19N5O2S/c1-10-4-5-12(11(2)8-10)19-14(16-17-18-19)22-9-13(20)15-6-7-21-3/h4-5,8H,6-7,9H2,1-3H3,(H,15,20). The molecule has 0 saturated heterocycles. The number of tetrazole rings is 1. The van der Waals surface area contributed by atoms with Crippen LogP contribution < -0.4 is 5.32 Å². The number of carbonyl (C=O) groups is 1. The van der Waals surface area contributed by atoms with Gasteiger partial charge in [0.15, 0.2) is 0 Å². The number of thioether (sulfide) groups is 1. The van der Waals surface area contributed by atoms with Crippen molar-refractivity contribution < 1.29 is 9.53 Å². The molecule has 0 aliphatic rings. The Labute approximate surface area is 133 Å². The van der Waals surface area contributed by atoms with Crippen LogP contribution in [0.2, 0.25) is 0 Å². The van der Waals surface area contributed by atoms with Gasteiger partial charge in [0.05, 0.1) is 18.0 Å². The number of ether oxygens (including phenoxy) is 1. The molecular formula is C14H19N5O2S. The number of rotatable bonds is 7. The number of nitrogens with one attached hydrogen (secondary N) is 1. The summed E-state index contributed by atoms with van der Waals surface area (Å²) < 4.78 is 6.54. The molecule has 1 aromatic carbocycles. The lowest BCUT2D eigenvalue weighted by Crippen LogP contribution is -2.28. The highest BCUT2D eigenvalue weighted by Crippen LogP contribution is 2.21. The van der Waals surface area contributed by atoms with Gasteiger partial charge in [-0.3, -0.25) is 4.79 Å². The van der Waals surface area contributed by atoms with Gasteiger partial charge in [0.2, 0.25) is 11.1 Å². The molecule has 8 heteroatoms. The fourth-order valence-corrected chi connectivity index (χ4v) is 2.65. The second kappa shape index (κ2) is 7.90. The van der Waals surface area contributed by atoms with E-state index in [0.717, 1.165) is 11.3 Å². The molecule has 1 N–H and O–H groups in total. The number of carbonyl (C=O) groups excluding carboxylic acids is 1. The van der Waals surface area contributed by atoms with Crippen LogP contribution in [0.15, 0.2) is 23.4 Å². The lowest BCUT2D eigenvalue weighted by atomic mass is 10.1. The van der Waals surface area contributed by atoms with Gasteiger partial charge in [-0.05, 0) is 35.9 Å². The summed E-state index contributed by atoms with van der Waals surface area (Å²) in [4.78, 5) is 11.7. The van der Waals surface area contributed by atoms with E-state index in [9.17, 15) is 4.79 Å². The number of methoxy groups -OCH3 is 1. The van der Waals surface area contributed by atoms with Crippen LogP contribution in [-0.4, -0.2) is 52.1 Å². The van der Waals surface area contributed by atoms with Crippen molar-refractivity contribution >= 4 is 17.7 Å². The maximum absolute atomic E-state index is 11.7. The second-order valence-electron chi connectivity index (χ2n) is 4.79. The first-order valence-electron chi connectivity index (χ1n) is 6.86. The Hall–Kier alpha value is -1.93. The van der Waals surface area contributed by atoms with E-state index in [0.29, 0.717) is 18.3 Å². The van der Waals surface area contributed by atoms with E-state index in [1.165, 1.54) is 17.3 Å². The van der Waals surface area contributed by atoms with E-state index in [1.54, 1.807) is 11.8 Å². The van der Waals surface area contributed by atoms with Crippen molar-refractivity contribution in [3.8, 4) is 5.69 Å². The van der Waals surface area contributed by atoms with Gasteiger partial charge in [0.25, 0.3) is 0 Å². The van der Waals surface area contributed by atoms with Crippen molar-refractivity contribution in [2.45, 2.75) is 19.0 Å². The molecular weight excluding hydrogens is 302 g/mol. The van der Waals surface area contributed by atoms with Crippen molar-refractivity contribution in [1.82, 2.24) is 25.5 Å². The summed E-state index contributed by atoms with van der Waals surface area (Å²) in [6.45, 7) is 5.04. The molecule has 22 heavy (non-hydrogen) atoms. The topological polar surface area (TPSA) is 81.9 Å². The summed E-state index contributed by atoms with van der Waals surface area (Å²) >= 11 is 1.30. The Balaban J connectivity index is 2.02. The molecule has 1 amide bonds. The predicted molar refractivity (Wildman–Crippen MR) is 84.2 cm³/mol. The van der Waals surface area contributed by atoms with Crippen LogP contribution in [0.25, 0.3) is 5.69 Å². The molecule has 0 bridgehead atoms. The van der Waals surface area contributed by atoms with Crippen molar-refractivity contribution in [3.05, 3.63) is 29.3 Å². The van der Waals surface area contributed by atoms with E-state index in [-0.39, 0.29) is 11.7 Å². The van der Waals surface area contributed by atoms with E-state index in [2.05, 4.69) is 26.9 Å². The Bertz CT molecular complexity index is 644. The van der Waals surface area contributed by atoms with Gasteiger partial charge in [-0.2, -0.15) is 4.68 Å². The zero-order valence-electron chi connectivity index (χ0n) is 12.9. The molecule has 118 valence electrons. The lowest BCUT2D eigenvalue weighted by Gasteiger charge is -2.08. The molecule has 0 aliphatic carbocycles. The highest BCUT2D eigenvalue weighted by Gasteiger charge is 2.12. The summed E-state index contributed by atoms with van der Waals surface area (Å²) in [5, 5.41) is 15.1. The normalized spacial score (nSPS) is 10.7. The Morgan fingerprint density at radius 3 is 2.95 bits per heavy atom. The fourth-order valence-electron chi connectivity index (χ4n) is 1.94. The molecule has 2 rings (SSSR count). The highest BCUT2D eigenvalue weighted by molar-refractivity contribution is 7.99. The van der Waals surface area contributed by atoms with E-state index in [4.69, 9.17) is 4.74 Å². The molecule has 0 aliphatic heterocycles. The van der Waals surface area contributed by atoms with Crippen LogP contribution in [0.4, 0.5) is 0 Å². The molecule has 0 saturated carbocycles. The molecule has 1 aromatic heterocycles. The van der Waals surface area contributed by atoms with Gasteiger partial charge >= 0.3 is 0 Å². The first-order chi connectivity index (χ1) is 10.6. The van der Waals surface area contributed by atoms with Crippen LogP contribution >= 0.6 is 11.8 Å². The summed E-state index contributed by atoms with van der Waals surface area (Å²) in [6, 6.07) is 6.06. The molecule has 0 radical (unpaired) electrons. The minimum atomic E-state index is -0.0720. The smallest absolute Gasteiger partial charge is 0.230 e. The highest BCUT2D eigenvalue weighted by atomic mass is 32.2. The molecule has 0 fully saturated rings. The number of hydrogen-bond donors (Lipinski definition) is 1. The number of nitrogens with zero attached hydrogens (tertiary/aromatic N) is 4. The maximum atomic E-state index is 11.7. The molecule has 2 aromatic rings. The Morgan fingerprint density at radius 2 is 2.23 bits per heavy atom. The third-order valence-corrected chi connectivity index (χ3v) is 3.90. The van der Waals surface area contributed by atoms with Crippen LogP contribution in [0, 0.1) is 13.8 Å². The molecule has 0 spiro atoms. The van der Waals surface area contributed by atoms with Crippen LogP contribution in [0.3, 0.4) is 0 Å². The van der Waals surface area contributed by atoms with Gasteiger partial charge in [-0.15, -0.1) is 5.10 Å². The van der Waals surface area contributed by atoms with Gasteiger partial charge in [0.1, 0.15) is 0 Å². The Kier molecular flexibility index (Phi) is 5.91. The zero-order valence-corrected chi connectivity index (χ0v) is 13.7. The van der Waals surface area contributed by atoms with E-state index >= 15 is 0 Å². The van der Waals surface area contributed by atoms with E-state index in [1.807, 2.05) is 26.0 Å². The van der Waals surface area contributed by atoms with Gasteiger partial charge in [-0.1, -0.05) is 29.5 Å². The lowest BCUT2D eigenvalue weighted by molar-refractivity contribution is -0.118.